The molecule has 544 valence electrons. The largest absolute Gasteiger partial charge is 0.458 e. The molecule has 13 aromatic carbocycles. The second kappa shape index (κ2) is 27.1. The second-order valence-electron chi connectivity index (χ2n) is 34.2. The molecular formula is C102H98B2N4O2. The number of rotatable bonds is 14. The standard InChI is InChI=1S/C102H98B2N4O2/c1-62(2)69-55-75(63(3)4)99(76(56-69)64(5)6)104-85-50-46-72(106-87-37-23-19-33-79(87)101(12,13)80-34-20-24-38-88(80)106)59-97(85)110-98-60-73(47-51-86(98)104)107-89-39-25-21-35-81(89)102(14,15)82-49-45-68(54-94(82)107)53-67(11)70-57-77(65(7)8)100(78(58-70)66(9)10)103-83-36-22-30-44-95(83)109-96-61-74(48-52-84(96)103)108-92-42-28-26-40-90(92)105(71-31-17-16-18-32-71)91-41-27-29-43-93(91)108/h16-52,54-67H,53H2,1-15H3. The van der Waals surface area contributed by atoms with E-state index in [2.05, 4.69) is 396 Å². The third-order valence-corrected chi connectivity index (χ3v) is 24.9. The summed E-state index contributed by atoms with van der Waals surface area (Å²) in [5.41, 5.74) is 35.5. The van der Waals surface area contributed by atoms with Gasteiger partial charge in [0.05, 0.1) is 45.5 Å². The van der Waals surface area contributed by atoms with E-state index in [1.807, 2.05) is 0 Å². The summed E-state index contributed by atoms with van der Waals surface area (Å²) in [6, 6.07) is 103. The molecule has 0 radical (unpaired) electrons. The Bertz CT molecular complexity index is 5650. The predicted molar refractivity (Wildman–Crippen MR) is 467 cm³/mol. The van der Waals surface area contributed by atoms with E-state index in [-0.39, 0.29) is 53.8 Å². The van der Waals surface area contributed by atoms with Crippen molar-refractivity contribution in [2.75, 3.05) is 19.6 Å². The summed E-state index contributed by atoms with van der Waals surface area (Å²) in [6.45, 7) is 35.6. The first kappa shape index (κ1) is 70.5. The molecule has 5 aliphatic heterocycles. The van der Waals surface area contributed by atoms with Crippen molar-refractivity contribution < 1.29 is 9.47 Å². The first-order valence-corrected chi connectivity index (χ1v) is 40.2. The van der Waals surface area contributed by atoms with Gasteiger partial charge < -0.3 is 29.1 Å². The van der Waals surface area contributed by atoms with Gasteiger partial charge in [0.2, 0.25) is 0 Å². The molecule has 0 saturated carbocycles. The molecule has 0 amide bonds. The highest BCUT2D eigenvalue weighted by Gasteiger charge is 2.44. The van der Waals surface area contributed by atoms with E-state index in [1.54, 1.807) is 0 Å². The van der Waals surface area contributed by atoms with Crippen LogP contribution in [-0.2, 0) is 17.3 Å². The highest BCUT2D eigenvalue weighted by atomic mass is 16.5. The number of nitrogens with zero attached hydrogens (tertiary/aromatic N) is 4. The van der Waals surface area contributed by atoms with Gasteiger partial charge in [-0.25, -0.2) is 0 Å². The van der Waals surface area contributed by atoms with Crippen LogP contribution < -0.4 is 61.9 Å². The van der Waals surface area contributed by atoms with Crippen LogP contribution in [0.1, 0.15) is 201 Å². The molecule has 0 saturated heterocycles. The molecule has 6 nitrogen and oxygen atoms in total. The van der Waals surface area contributed by atoms with Gasteiger partial charge in [-0.05, 0) is 210 Å². The number of fused-ring (bicyclic) bond motifs is 10. The molecule has 110 heavy (non-hydrogen) atoms. The Labute approximate surface area is 653 Å². The van der Waals surface area contributed by atoms with Gasteiger partial charge in [0.25, 0.3) is 13.4 Å². The quantitative estimate of drug-likeness (QED) is 0.101. The lowest BCUT2D eigenvalue weighted by molar-refractivity contribution is 0.487. The maximum Gasteiger partial charge on any atom is 0.251 e. The van der Waals surface area contributed by atoms with Gasteiger partial charge in [-0.2, -0.15) is 0 Å². The lowest BCUT2D eigenvalue weighted by Crippen LogP contribution is -2.57. The van der Waals surface area contributed by atoms with Crippen molar-refractivity contribution in [3.05, 3.63) is 334 Å². The summed E-state index contributed by atoms with van der Waals surface area (Å²) in [4.78, 5) is 9.81. The SMILES string of the molecule is CC(C)c1cc(C(C)C)c(B2c3ccc(N4c5ccccc5C(C)(C)c5ccccc54)cc3Oc3cc(N4c5ccccc5C(C)(C)c5ccc(CC(C)c6cc(C(C)C)c(B7c8ccccc8Oc8cc(N9c%10ccccc%10N(c%10ccccc%10)c%10ccccc%109)ccc87)c(C(C)C)c6)cc54)ccc32)c(C(C)C)c1. The Hall–Kier alpha value is -11.2. The Balaban J connectivity index is 0.731. The van der Waals surface area contributed by atoms with E-state index < -0.39 is 0 Å². The molecule has 5 heterocycles. The molecule has 0 aromatic heterocycles. The van der Waals surface area contributed by atoms with E-state index in [0.717, 1.165) is 74.9 Å². The summed E-state index contributed by atoms with van der Waals surface area (Å²) in [5, 5.41) is 0. The van der Waals surface area contributed by atoms with Crippen LogP contribution >= 0.6 is 0 Å². The topological polar surface area (TPSA) is 31.4 Å². The Kier molecular flexibility index (Phi) is 17.4. The van der Waals surface area contributed by atoms with Gasteiger partial charge in [0.15, 0.2) is 0 Å². The zero-order valence-electron chi connectivity index (χ0n) is 66.4. The van der Waals surface area contributed by atoms with Crippen molar-refractivity contribution in [2.45, 2.75) is 157 Å². The van der Waals surface area contributed by atoms with Crippen LogP contribution in [0.2, 0.25) is 0 Å². The molecule has 0 bridgehead atoms. The molecule has 0 aliphatic carbocycles. The zero-order chi connectivity index (χ0) is 75.9. The Morgan fingerprint density at radius 1 is 0.273 bits per heavy atom. The van der Waals surface area contributed by atoms with Crippen LogP contribution in [0.3, 0.4) is 0 Å². The lowest BCUT2D eigenvalue weighted by atomic mass is 9.34. The number of benzene rings is 13. The summed E-state index contributed by atoms with van der Waals surface area (Å²) in [5.74, 6) is 5.20. The number of hydrogen-bond donors (Lipinski definition) is 0. The molecule has 5 aliphatic rings. The average Bonchev–Trinajstić information content (AvgIpc) is 0.731. The maximum atomic E-state index is 7.65. The van der Waals surface area contributed by atoms with Crippen molar-refractivity contribution >= 4 is 114 Å². The number of ether oxygens (including phenoxy) is 2. The van der Waals surface area contributed by atoms with Gasteiger partial charge in [-0.1, -0.05) is 285 Å². The minimum atomic E-state index is -0.284. The monoisotopic (exact) mass is 1430 g/mol. The molecule has 13 aromatic rings. The van der Waals surface area contributed by atoms with E-state index in [4.69, 9.17) is 9.47 Å². The predicted octanol–water partition coefficient (Wildman–Crippen LogP) is 24.4. The summed E-state index contributed by atoms with van der Waals surface area (Å²) in [7, 11) is 0. The first-order valence-electron chi connectivity index (χ1n) is 40.2. The molecule has 1 atom stereocenters. The fourth-order valence-corrected chi connectivity index (χ4v) is 19.3. The average molecular weight is 1430 g/mol. The fraction of sp³-hybridized carbons (Fsp3) is 0.235. The third-order valence-electron chi connectivity index (χ3n) is 24.9. The molecule has 0 N–H and O–H groups in total. The van der Waals surface area contributed by atoms with Gasteiger partial charge in [0, 0.05) is 51.8 Å². The normalized spacial score (nSPS) is 14.9. The zero-order valence-corrected chi connectivity index (χ0v) is 66.4. The van der Waals surface area contributed by atoms with E-state index in [9.17, 15) is 0 Å². The van der Waals surface area contributed by atoms with Gasteiger partial charge in [-0.15, -0.1) is 0 Å². The number of anilines is 12. The van der Waals surface area contributed by atoms with Crippen LogP contribution in [0, 0.1) is 0 Å². The van der Waals surface area contributed by atoms with Crippen LogP contribution in [0.15, 0.2) is 273 Å². The highest BCUT2D eigenvalue weighted by Crippen LogP contribution is 2.57. The molecule has 8 heteroatoms. The minimum Gasteiger partial charge on any atom is -0.458 e. The van der Waals surface area contributed by atoms with Crippen LogP contribution in [0.25, 0.3) is 0 Å². The molecular weight excluding hydrogens is 1330 g/mol. The molecule has 18 rings (SSSR count). The van der Waals surface area contributed by atoms with Crippen molar-refractivity contribution in [3.8, 4) is 23.0 Å². The molecule has 1 unspecified atom stereocenters. The summed E-state index contributed by atoms with van der Waals surface area (Å²) in [6.07, 6.45) is 0.860. The van der Waals surface area contributed by atoms with Crippen LogP contribution in [0.5, 0.6) is 23.0 Å². The second-order valence-corrected chi connectivity index (χ2v) is 34.2. The van der Waals surface area contributed by atoms with Gasteiger partial charge in [-0.3, -0.25) is 0 Å². The molecule has 0 fully saturated rings. The minimum absolute atomic E-state index is 0.0577. The van der Waals surface area contributed by atoms with Crippen molar-refractivity contribution in [1.82, 2.24) is 0 Å². The van der Waals surface area contributed by atoms with E-state index in [1.165, 1.54) is 117 Å². The number of hydrogen-bond acceptors (Lipinski definition) is 6. The Morgan fingerprint density at radius 3 is 1.02 bits per heavy atom. The maximum absolute atomic E-state index is 7.65. The number of para-hydroxylation sites is 9. The summed E-state index contributed by atoms with van der Waals surface area (Å²) < 4.78 is 14.8. The lowest BCUT2D eigenvalue weighted by Gasteiger charge is -2.43. The smallest absolute Gasteiger partial charge is 0.251 e. The van der Waals surface area contributed by atoms with E-state index >= 15 is 0 Å². The van der Waals surface area contributed by atoms with Crippen LogP contribution in [0.4, 0.5) is 68.2 Å². The molecule has 0 spiro atoms. The van der Waals surface area contributed by atoms with Crippen molar-refractivity contribution in [3.63, 3.8) is 0 Å². The van der Waals surface area contributed by atoms with Crippen LogP contribution in [-0.4, -0.2) is 13.4 Å². The third kappa shape index (κ3) is 11.4. The first-order chi connectivity index (χ1) is 53.1. The van der Waals surface area contributed by atoms with E-state index in [0.29, 0.717) is 5.92 Å². The Morgan fingerprint density at radius 2 is 0.600 bits per heavy atom. The van der Waals surface area contributed by atoms with Crippen molar-refractivity contribution in [2.24, 2.45) is 0 Å². The van der Waals surface area contributed by atoms with Crippen molar-refractivity contribution in [1.29, 1.82) is 0 Å². The van der Waals surface area contributed by atoms with Gasteiger partial charge >= 0.3 is 0 Å². The highest BCUT2D eigenvalue weighted by molar-refractivity contribution is 6.98. The van der Waals surface area contributed by atoms with Gasteiger partial charge in [0.1, 0.15) is 23.0 Å². The summed E-state index contributed by atoms with van der Waals surface area (Å²) >= 11 is 0. The fourth-order valence-electron chi connectivity index (χ4n) is 19.3.